The third-order valence-electron chi connectivity index (χ3n) is 4.91. The quantitative estimate of drug-likeness (QED) is 0.285. The number of rotatable bonds is 7. The molecule has 1 rings (SSSR count). The number of nitrogens with two attached hydrogens (primary N) is 2. The lowest BCUT2D eigenvalue weighted by Gasteiger charge is -2.35. The van der Waals surface area contributed by atoms with Crippen LogP contribution in [0.1, 0.15) is 40.0 Å². The number of carbonyl (C=O) groups is 2. The summed E-state index contributed by atoms with van der Waals surface area (Å²) in [5.41, 5.74) is 11.0. The van der Waals surface area contributed by atoms with Gasteiger partial charge < -0.3 is 26.6 Å². The van der Waals surface area contributed by atoms with Crippen molar-refractivity contribution < 1.29 is 19.4 Å². The van der Waals surface area contributed by atoms with E-state index in [9.17, 15) is 14.7 Å². The number of hydrogen-bond acceptors (Lipinski definition) is 5. The Bertz CT molecular complexity index is 475. The van der Waals surface area contributed by atoms with E-state index in [0.29, 0.717) is 0 Å². The van der Waals surface area contributed by atoms with Gasteiger partial charge >= 0.3 is 5.97 Å². The highest BCUT2D eigenvalue weighted by molar-refractivity contribution is 5.77. The van der Waals surface area contributed by atoms with Gasteiger partial charge in [0.2, 0.25) is 5.91 Å². The molecule has 6 N–H and O–H groups in total. The molecule has 138 valence electrons. The number of aliphatic imine (C=N–C) groups is 1. The molecule has 0 aliphatic heterocycles. The van der Waals surface area contributed by atoms with Crippen molar-refractivity contribution >= 4 is 17.8 Å². The molecule has 1 aliphatic rings. The Hall–Kier alpha value is -1.83. The summed E-state index contributed by atoms with van der Waals surface area (Å²) in [5, 5.41) is 13.7. The monoisotopic (exact) mass is 342 g/mol. The maximum Gasteiger partial charge on any atom is 0.311 e. The number of hydrogen-bond donors (Lipinski definition) is 4. The lowest BCUT2D eigenvalue weighted by Crippen LogP contribution is -2.51. The number of guanidine groups is 1. The van der Waals surface area contributed by atoms with Crippen LogP contribution < -0.4 is 16.8 Å². The molecule has 0 spiro atoms. The first kappa shape index (κ1) is 20.2. The average molecular weight is 342 g/mol. The van der Waals surface area contributed by atoms with Crippen molar-refractivity contribution in [3.63, 3.8) is 0 Å². The van der Waals surface area contributed by atoms with Crippen LogP contribution in [0.15, 0.2) is 4.99 Å². The van der Waals surface area contributed by atoms with Gasteiger partial charge in [0, 0.05) is 18.9 Å². The van der Waals surface area contributed by atoms with Crippen LogP contribution in [0.5, 0.6) is 0 Å². The van der Waals surface area contributed by atoms with Gasteiger partial charge in [-0.1, -0.05) is 26.7 Å². The van der Waals surface area contributed by atoms with Gasteiger partial charge in [0.25, 0.3) is 0 Å². The smallest absolute Gasteiger partial charge is 0.311 e. The van der Waals surface area contributed by atoms with Gasteiger partial charge in [-0.25, -0.2) is 4.99 Å². The van der Waals surface area contributed by atoms with Crippen LogP contribution in [0.3, 0.4) is 0 Å². The van der Waals surface area contributed by atoms with E-state index in [1.165, 1.54) is 14.0 Å². The highest BCUT2D eigenvalue weighted by atomic mass is 16.5. The summed E-state index contributed by atoms with van der Waals surface area (Å²) in [7, 11) is 1.28. The molecular weight excluding hydrogens is 312 g/mol. The second-order valence-electron chi connectivity index (χ2n) is 6.36. The molecule has 1 fully saturated rings. The predicted octanol–water partition coefficient (Wildman–Crippen LogP) is -0.261. The van der Waals surface area contributed by atoms with Crippen LogP contribution in [0.4, 0.5) is 0 Å². The number of nitrogens with one attached hydrogen (secondary N) is 1. The van der Waals surface area contributed by atoms with Crippen LogP contribution in [0.2, 0.25) is 0 Å². The van der Waals surface area contributed by atoms with Crippen molar-refractivity contribution in [1.29, 1.82) is 0 Å². The Kier molecular flexibility index (Phi) is 7.47. The molecular formula is C16H30N4O4. The molecule has 0 saturated heterocycles. The minimum absolute atomic E-state index is 0.103. The fraction of sp³-hybridized carbons (Fsp3) is 0.812. The second kappa shape index (κ2) is 8.86. The number of esters is 1. The molecule has 1 aliphatic carbocycles. The average Bonchev–Trinajstić information content (AvgIpc) is 2.82. The second-order valence-corrected chi connectivity index (χ2v) is 6.36. The molecule has 0 aromatic rings. The van der Waals surface area contributed by atoms with Crippen molar-refractivity contribution in [3.05, 3.63) is 0 Å². The first-order valence-corrected chi connectivity index (χ1v) is 8.38. The summed E-state index contributed by atoms with van der Waals surface area (Å²) in [4.78, 5) is 27.9. The Labute approximate surface area is 143 Å². The minimum Gasteiger partial charge on any atom is -0.469 e. The molecule has 0 aromatic carbocycles. The zero-order valence-corrected chi connectivity index (χ0v) is 14.9. The molecule has 0 bridgehead atoms. The van der Waals surface area contributed by atoms with Gasteiger partial charge in [-0.2, -0.15) is 0 Å². The Morgan fingerprint density at radius 1 is 1.33 bits per heavy atom. The Morgan fingerprint density at radius 2 is 1.92 bits per heavy atom. The highest BCUT2D eigenvalue weighted by Gasteiger charge is 2.51. The molecule has 8 nitrogen and oxygen atoms in total. The van der Waals surface area contributed by atoms with E-state index >= 15 is 0 Å². The van der Waals surface area contributed by atoms with Crippen molar-refractivity contribution in [3.8, 4) is 0 Å². The van der Waals surface area contributed by atoms with Crippen LogP contribution in [-0.4, -0.2) is 48.2 Å². The van der Waals surface area contributed by atoms with E-state index in [0.717, 1.165) is 12.8 Å². The summed E-state index contributed by atoms with van der Waals surface area (Å²) in [6.07, 6.45) is 0.944. The molecule has 24 heavy (non-hydrogen) atoms. The van der Waals surface area contributed by atoms with Crippen LogP contribution in [0, 0.1) is 17.8 Å². The lowest BCUT2D eigenvalue weighted by molar-refractivity contribution is -0.149. The van der Waals surface area contributed by atoms with Crippen molar-refractivity contribution in [1.82, 2.24) is 5.32 Å². The van der Waals surface area contributed by atoms with Crippen LogP contribution in [-0.2, 0) is 14.3 Å². The molecule has 5 atom stereocenters. The largest absolute Gasteiger partial charge is 0.469 e. The number of aliphatic hydroxyl groups excluding tert-OH is 1. The van der Waals surface area contributed by atoms with Crippen molar-refractivity contribution in [2.24, 2.45) is 34.2 Å². The topological polar surface area (TPSA) is 140 Å². The standard InChI is InChI=1S/C16H30N4O4/c1-5-9(6-2)13(19-8(3)21)12-11(20-16(17)18)7-10(14(12)22)15(23)24-4/h9-14,22H,5-7H2,1-4H3,(H,19,21)(H4,17,18,20)/t10-,11+,12+,13+,14+/m0/s1. The number of nitrogens with zero attached hydrogens (tertiary/aromatic N) is 1. The minimum atomic E-state index is -0.983. The predicted molar refractivity (Wildman–Crippen MR) is 90.9 cm³/mol. The number of aliphatic hydroxyl groups is 1. The SMILES string of the molecule is CCC(CC)[C@@H](NC(C)=O)[C@@H]1[C@H](O)[C@@H](C(=O)OC)C[C@H]1N=C(N)N. The molecule has 1 amide bonds. The fourth-order valence-corrected chi connectivity index (χ4v) is 3.78. The van der Waals surface area contributed by atoms with E-state index < -0.39 is 30.0 Å². The van der Waals surface area contributed by atoms with E-state index in [2.05, 4.69) is 10.3 Å². The number of carbonyl (C=O) groups excluding carboxylic acids is 2. The number of methoxy groups -OCH3 is 1. The maximum atomic E-state index is 12.0. The molecule has 1 saturated carbocycles. The zero-order chi connectivity index (χ0) is 18.4. The Balaban J connectivity index is 3.24. The fourth-order valence-electron chi connectivity index (χ4n) is 3.78. The summed E-state index contributed by atoms with van der Waals surface area (Å²) in [6.45, 7) is 5.49. The van der Waals surface area contributed by atoms with Gasteiger partial charge in [0.1, 0.15) is 0 Å². The van der Waals surface area contributed by atoms with E-state index in [1.807, 2.05) is 13.8 Å². The van der Waals surface area contributed by atoms with Crippen LogP contribution in [0.25, 0.3) is 0 Å². The zero-order valence-electron chi connectivity index (χ0n) is 14.9. The van der Waals surface area contributed by atoms with Gasteiger partial charge in [0.05, 0.1) is 25.2 Å². The maximum absolute atomic E-state index is 12.0. The molecule has 8 heteroatoms. The van der Waals surface area contributed by atoms with Gasteiger partial charge in [-0.05, 0) is 12.3 Å². The Morgan fingerprint density at radius 3 is 2.33 bits per heavy atom. The van der Waals surface area contributed by atoms with E-state index in [-0.39, 0.29) is 30.2 Å². The van der Waals surface area contributed by atoms with E-state index in [1.54, 1.807) is 0 Å². The van der Waals surface area contributed by atoms with Crippen molar-refractivity contribution in [2.75, 3.05) is 7.11 Å². The third kappa shape index (κ3) is 4.59. The van der Waals surface area contributed by atoms with Gasteiger partial charge in [-0.3, -0.25) is 9.59 Å². The normalized spacial score (nSPS) is 27.6. The first-order valence-electron chi connectivity index (χ1n) is 8.38. The molecule has 0 radical (unpaired) electrons. The summed E-state index contributed by atoms with van der Waals surface area (Å²) in [6, 6.07) is -0.776. The molecule has 0 unspecified atom stereocenters. The van der Waals surface area contributed by atoms with Gasteiger partial charge in [-0.15, -0.1) is 0 Å². The number of amides is 1. The lowest BCUT2D eigenvalue weighted by atomic mass is 9.80. The van der Waals surface area contributed by atoms with Gasteiger partial charge in [0.15, 0.2) is 5.96 Å². The van der Waals surface area contributed by atoms with E-state index in [4.69, 9.17) is 16.2 Å². The molecule has 0 aromatic heterocycles. The summed E-state index contributed by atoms with van der Waals surface area (Å²) < 4.78 is 4.78. The molecule has 0 heterocycles. The highest BCUT2D eigenvalue weighted by Crippen LogP contribution is 2.39. The van der Waals surface area contributed by atoms with Crippen LogP contribution >= 0.6 is 0 Å². The third-order valence-corrected chi connectivity index (χ3v) is 4.91. The summed E-state index contributed by atoms with van der Waals surface area (Å²) >= 11 is 0. The number of ether oxygens (including phenoxy) is 1. The first-order chi connectivity index (χ1) is 11.3. The summed E-state index contributed by atoms with van der Waals surface area (Å²) in [5.74, 6) is -1.81. The van der Waals surface area contributed by atoms with Crippen molar-refractivity contribution in [2.45, 2.75) is 58.2 Å².